The van der Waals surface area contributed by atoms with Crippen LogP contribution in [0.4, 0.5) is 5.82 Å². The maximum absolute atomic E-state index is 10.0. The number of aryl methyl sites for hydroxylation is 1. The van der Waals surface area contributed by atoms with E-state index in [2.05, 4.69) is 31.2 Å². The summed E-state index contributed by atoms with van der Waals surface area (Å²) < 4.78 is 11.9. The lowest BCUT2D eigenvalue weighted by Gasteiger charge is -2.48. The quantitative estimate of drug-likeness (QED) is 0.218. The van der Waals surface area contributed by atoms with Gasteiger partial charge in [0.1, 0.15) is 23.7 Å². The Hall–Kier alpha value is -3.95. The molecule has 214 valence electrons. The molecule has 1 aromatic carbocycles. The molecule has 0 saturated carbocycles. The first-order valence-corrected chi connectivity index (χ1v) is 14.7. The zero-order valence-corrected chi connectivity index (χ0v) is 25.3. The Morgan fingerprint density at radius 3 is 2.62 bits per heavy atom. The van der Waals surface area contributed by atoms with Gasteiger partial charge in [-0.05, 0) is 26.0 Å². The SMILES string of the molecule is COc1cc2[nH]nc(-c3cnc(N4CC(N)(Cc5nc(C)cs5)C4)c(C#N)c3)c2cc1O[C@H](C)c1c(Cl)cncc1Cl. The molecule has 0 radical (unpaired) electrons. The van der Waals surface area contributed by atoms with Crippen molar-refractivity contribution in [3.8, 4) is 28.8 Å². The Labute approximate surface area is 256 Å². The zero-order chi connectivity index (χ0) is 29.6. The van der Waals surface area contributed by atoms with E-state index in [1.165, 1.54) is 12.4 Å². The third-order valence-electron chi connectivity index (χ3n) is 7.19. The van der Waals surface area contributed by atoms with E-state index in [0.29, 0.717) is 69.3 Å². The van der Waals surface area contributed by atoms with Crippen molar-refractivity contribution in [2.45, 2.75) is 31.9 Å². The normalized spacial score (nSPS) is 14.8. The summed E-state index contributed by atoms with van der Waals surface area (Å²) in [7, 11) is 1.56. The van der Waals surface area contributed by atoms with Crippen LogP contribution in [0.15, 0.2) is 42.2 Å². The average molecular weight is 622 g/mol. The lowest BCUT2D eigenvalue weighted by Crippen LogP contribution is -2.69. The minimum absolute atomic E-state index is 0.404. The van der Waals surface area contributed by atoms with E-state index in [4.69, 9.17) is 38.4 Å². The molecule has 0 bridgehead atoms. The predicted molar refractivity (Wildman–Crippen MR) is 164 cm³/mol. The first-order chi connectivity index (χ1) is 20.2. The minimum atomic E-state index is -0.494. The van der Waals surface area contributed by atoms with Crippen LogP contribution in [0.5, 0.6) is 11.5 Å². The molecule has 0 aliphatic carbocycles. The van der Waals surface area contributed by atoms with Crippen molar-refractivity contribution in [1.82, 2.24) is 25.1 Å². The van der Waals surface area contributed by atoms with Crippen molar-refractivity contribution in [2.24, 2.45) is 5.73 Å². The number of anilines is 1. The smallest absolute Gasteiger partial charge is 0.162 e. The van der Waals surface area contributed by atoms with Crippen LogP contribution in [0.25, 0.3) is 22.2 Å². The van der Waals surface area contributed by atoms with Crippen molar-refractivity contribution < 1.29 is 9.47 Å². The fraction of sp³-hybridized carbons (Fsp3) is 0.276. The van der Waals surface area contributed by atoms with Gasteiger partial charge in [0, 0.05) is 71.8 Å². The molecule has 1 saturated heterocycles. The molecule has 6 rings (SSSR count). The molecule has 5 heterocycles. The Morgan fingerprint density at radius 1 is 1.19 bits per heavy atom. The third-order valence-corrected chi connectivity index (χ3v) is 8.76. The van der Waals surface area contributed by atoms with E-state index in [9.17, 15) is 5.26 Å². The number of thiazole rings is 1. The number of benzene rings is 1. The molecule has 1 fully saturated rings. The number of pyridine rings is 2. The van der Waals surface area contributed by atoms with Crippen LogP contribution in [-0.4, -0.2) is 50.9 Å². The highest BCUT2D eigenvalue weighted by Gasteiger charge is 2.41. The van der Waals surface area contributed by atoms with Crippen molar-refractivity contribution in [2.75, 3.05) is 25.1 Å². The van der Waals surface area contributed by atoms with Gasteiger partial charge < -0.3 is 20.1 Å². The van der Waals surface area contributed by atoms with Crippen molar-refractivity contribution >= 4 is 51.3 Å². The van der Waals surface area contributed by atoms with Gasteiger partial charge in [0.25, 0.3) is 0 Å². The molecule has 1 atom stereocenters. The Balaban J connectivity index is 1.28. The van der Waals surface area contributed by atoms with Gasteiger partial charge in [0.05, 0.1) is 38.8 Å². The molecule has 10 nitrogen and oxygen atoms in total. The second kappa shape index (κ2) is 11.0. The molecule has 13 heteroatoms. The number of nitrogens with zero attached hydrogens (tertiary/aromatic N) is 6. The number of nitrogens with one attached hydrogen (secondary N) is 1. The van der Waals surface area contributed by atoms with Crippen LogP contribution in [0.2, 0.25) is 10.0 Å². The number of ether oxygens (including phenoxy) is 2. The lowest BCUT2D eigenvalue weighted by molar-refractivity contribution is 0.216. The van der Waals surface area contributed by atoms with Gasteiger partial charge >= 0.3 is 0 Å². The molecule has 1 aliphatic rings. The van der Waals surface area contributed by atoms with E-state index in [1.54, 1.807) is 30.7 Å². The van der Waals surface area contributed by atoms with E-state index in [1.807, 2.05) is 36.3 Å². The number of aromatic nitrogens is 5. The maximum atomic E-state index is 10.0. The predicted octanol–water partition coefficient (Wildman–Crippen LogP) is 5.87. The molecule has 3 N–H and O–H groups in total. The van der Waals surface area contributed by atoms with E-state index >= 15 is 0 Å². The monoisotopic (exact) mass is 620 g/mol. The summed E-state index contributed by atoms with van der Waals surface area (Å²) >= 11 is 14.3. The van der Waals surface area contributed by atoms with E-state index < -0.39 is 11.6 Å². The molecule has 42 heavy (non-hydrogen) atoms. The number of methoxy groups -OCH3 is 1. The van der Waals surface area contributed by atoms with Gasteiger partial charge in [-0.3, -0.25) is 10.1 Å². The number of hydrogen-bond donors (Lipinski definition) is 2. The first kappa shape index (κ1) is 28.2. The Kier molecular flexibility index (Phi) is 7.41. The molecular formula is C29H26Cl2N8O2S. The topological polar surface area (TPSA) is 139 Å². The fourth-order valence-corrected chi connectivity index (χ4v) is 6.84. The highest BCUT2D eigenvalue weighted by Crippen LogP contribution is 2.40. The van der Waals surface area contributed by atoms with Gasteiger partial charge in [-0.15, -0.1) is 11.3 Å². The largest absolute Gasteiger partial charge is 0.493 e. The van der Waals surface area contributed by atoms with Crippen LogP contribution in [0.1, 0.15) is 34.9 Å². The fourth-order valence-electron chi connectivity index (χ4n) is 5.24. The number of rotatable bonds is 8. The molecule has 5 aromatic rings. The summed E-state index contributed by atoms with van der Waals surface area (Å²) in [6.07, 6.45) is 4.96. The Morgan fingerprint density at radius 2 is 1.95 bits per heavy atom. The number of H-pyrrole nitrogens is 1. The first-order valence-electron chi connectivity index (χ1n) is 13.0. The summed E-state index contributed by atoms with van der Waals surface area (Å²) in [5, 5.41) is 22.2. The number of hydrogen-bond acceptors (Lipinski definition) is 10. The summed E-state index contributed by atoms with van der Waals surface area (Å²) in [6.45, 7) is 4.99. The van der Waals surface area contributed by atoms with Crippen molar-refractivity contribution in [3.63, 3.8) is 0 Å². The maximum Gasteiger partial charge on any atom is 0.162 e. The highest BCUT2D eigenvalue weighted by atomic mass is 35.5. The third kappa shape index (κ3) is 5.23. The van der Waals surface area contributed by atoms with Crippen molar-refractivity contribution in [1.29, 1.82) is 5.26 Å². The summed E-state index contributed by atoms with van der Waals surface area (Å²) in [6, 6.07) is 7.73. The van der Waals surface area contributed by atoms with E-state index in [0.717, 1.165) is 21.6 Å². The van der Waals surface area contributed by atoms with Crippen molar-refractivity contribution in [3.05, 3.63) is 74.0 Å². The molecule has 0 amide bonds. The second-order valence-electron chi connectivity index (χ2n) is 10.4. The van der Waals surface area contributed by atoms with Gasteiger partial charge in [-0.2, -0.15) is 10.4 Å². The lowest BCUT2D eigenvalue weighted by atomic mass is 9.87. The summed E-state index contributed by atoms with van der Waals surface area (Å²) in [5.74, 6) is 1.58. The van der Waals surface area contributed by atoms with Crippen LogP contribution in [-0.2, 0) is 6.42 Å². The van der Waals surface area contributed by atoms with Gasteiger partial charge in [-0.1, -0.05) is 23.2 Å². The highest BCUT2D eigenvalue weighted by molar-refractivity contribution is 7.09. The molecular weight excluding hydrogens is 595 g/mol. The second-order valence-corrected chi connectivity index (χ2v) is 12.1. The molecule has 4 aromatic heterocycles. The minimum Gasteiger partial charge on any atom is -0.493 e. The summed E-state index contributed by atoms with van der Waals surface area (Å²) in [4.78, 5) is 15.2. The molecule has 0 unspecified atom stereocenters. The van der Waals surface area contributed by atoms with Crippen LogP contribution in [0, 0.1) is 18.3 Å². The standard InChI is InChI=1S/C29H26Cl2N8O2S/c1-15-12-42-25(36-15)7-29(33)13-39(14-29)28-17(8-32)4-18(9-35-28)27-19-5-24(23(40-3)6-22(19)37-38-27)41-16(2)26-20(30)10-34-11-21(26)31/h4-6,9-12,16H,7,13-14,33H2,1-3H3,(H,37,38)/t16-/m1/s1. The van der Waals surface area contributed by atoms with Crippen LogP contribution in [0.3, 0.4) is 0 Å². The van der Waals surface area contributed by atoms with Gasteiger partial charge in [0.15, 0.2) is 11.5 Å². The zero-order valence-electron chi connectivity index (χ0n) is 23.0. The van der Waals surface area contributed by atoms with Gasteiger partial charge in [0.2, 0.25) is 0 Å². The number of nitrogens with two attached hydrogens (primary N) is 1. The van der Waals surface area contributed by atoms with E-state index in [-0.39, 0.29) is 0 Å². The number of nitriles is 1. The molecule has 1 aliphatic heterocycles. The average Bonchev–Trinajstić information content (AvgIpc) is 3.55. The van der Waals surface area contributed by atoms with Gasteiger partial charge in [-0.25, -0.2) is 9.97 Å². The molecule has 0 spiro atoms. The number of halogens is 2. The van der Waals surface area contributed by atoms with Crippen LogP contribution < -0.4 is 20.1 Å². The number of aromatic amines is 1. The number of fused-ring (bicyclic) bond motifs is 1. The Bertz CT molecular complexity index is 1820. The summed E-state index contributed by atoms with van der Waals surface area (Å²) in [5.41, 5.74) is 10.3. The van der Waals surface area contributed by atoms with Crippen LogP contribution >= 0.6 is 34.5 Å².